The van der Waals surface area contributed by atoms with Crippen molar-refractivity contribution in [2.75, 3.05) is 20.2 Å². The van der Waals surface area contributed by atoms with Gasteiger partial charge in [-0.15, -0.1) is 0 Å². The quantitative estimate of drug-likeness (QED) is 0.669. The maximum absolute atomic E-state index is 11.6. The molecule has 0 bridgehead atoms. The molecule has 6 nitrogen and oxygen atoms in total. The number of methoxy groups -OCH3 is 1. The zero-order valence-corrected chi connectivity index (χ0v) is 9.86. The number of hydrogen-bond acceptors (Lipinski definition) is 5. The maximum atomic E-state index is 11.6. The van der Waals surface area contributed by atoms with Gasteiger partial charge in [-0.25, -0.2) is 0 Å². The fraction of sp³-hybridized carbons (Fsp3) is 0.636. The molecule has 1 aliphatic carbocycles. The van der Waals surface area contributed by atoms with E-state index >= 15 is 0 Å². The van der Waals surface area contributed by atoms with Crippen LogP contribution in [0.3, 0.4) is 0 Å². The Bertz CT molecular complexity index is 374. The van der Waals surface area contributed by atoms with Crippen LogP contribution in [0.2, 0.25) is 0 Å². The smallest absolute Gasteiger partial charge is 0.273 e. The van der Waals surface area contributed by atoms with Gasteiger partial charge in [0.2, 0.25) is 0 Å². The molecule has 1 aliphatic rings. The van der Waals surface area contributed by atoms with Crippen LogP contribution in [0.4, 0.5) is 0 Å². The molecule has 1 heterocycles. The van der Waals surface area contributed by atoms with Crippen molar-refractivity contribution >= 4 is 5.91 Å². The van der Waals surface area contributed by atoms with Crippen molar-refractivity contribution in [3.05, 3.63) is 17.5 Å². The Morgan fingerprint density at radius 2 is 2.41 bits per heavy atom. The first-order chi connectivity index (χ1) is 8.29. The largest absolute Gasteiger partial charge is 0.377 e. The number of hydrogen-bond donors (Lipinski definition) is 2. The molecule has 1 aromatic rings. The first kappa shape index (κ1) is 12.1. The highest BCUT2D eigenvalue weighted by atomic mass is 16.5. The van der Waals surface area contributed by atoms with Gasteiger partial charge in [0.05, 0.1) is 0 Å². The summed E-state index contributed by atoms with van der Waals surface area (Å²) in [5.74, 6) is 0.336. The molecule has 6 heteroatoms. The summed E-state index contributed by atoms with van der Waals surface area (Å²) < 4.78 is 9.81. The van der Waals surface area contributed by atoms with Crippen LogP contribution in [-0.4, -0.2) is 37.3 Å². The van der Waals surface area contributed by atoms with E-state index in [1.807, 2.05) is 0 Å². The Morgan fingerprint density at radius 3 is 3.12 bits per heavy atom. The third-order valence-electron chi connectivity index (χ3n) is 2.50. The molecule has 0 aliphatic heterocycles. The van der Waals surface area contributed by atoms with Crippen LogP contribution in [0.1, 0.15) is 29.1 Å². The number of nitrogens with zero attached hydrogens (tertiary/aromatic N) is 1. The van der Waals surface area contributed by atoms with Gasteiger partial charge in [-0.2, -0.15) is 0 Å². The molecule has 1 saturated carbocycles. The van der Waals surface area contributed by atoms with Crippen molar-refractivity contribution in [3.8, 4) is 0 Å². The average Bonchev–Trinajstić information content (AvgIpc) is 3.03. The predicted octanol–water partition coefficient (Wildman–Crippen LogP) is 0.303. The molecule has 1 amide bonds. The van der Waals surface area contributed by atoms with Gasteiger partial charge in [0, 0.05) is 32.3 Å². The molecule has 1 aromatic heterocycles. The van der Waals surface area contributed by atoms with Crippen LogP contribution < -0.4 is 10.6 Å². The fourth-order valence-corrected chi connectivity index (χ4v) is 1.46. The van der Waals surface area contributed by atoms with E-state index in [0.29, 0.717) is 30.6 Å². The lowest BCUT2D eigenvalue weighted by atomic mass is 10.3. The lowest BCUT2D eigenvalue weighted by Gasteiger charge is -2.03. The van der Waals surface area contributed by atoms with E-state index in [1.165, 1.54) is 12.8 Å². The van der Waals surface area contributed by atoms with Gasteiger partial charge >= 0.3 is 0 Å². The van der Waals surface area contributed by atoms with Gasteiger partial charge in [0.1, 0.15) is 6.61 Å². The standard InChI is InChI=1S/C11H17N3O3/c1-16-7-9-6-10(14-17-9)11(15)13-5-4-12-8-2-3-8/h6,8,12H,2-5,7H2,1H3,(H,13,15). The normalized spacial score (nSPS) is 14.9. The molecule has 0 saturated heterocycles. The van der Waals surface area contributed by atoms with Crippen LogP contribution in [-0.2, 0) is 11.3 Å². The van der Waals surface area contributed by atoms with E-state index in [-0.39, 0.29) is 5.91 Å². The summed E-state index contributed by atoms with van der Waals surface area (Å²) in [5.41, 5.74) is 0.295. The van der Waals surface area contributed by atoms with Crippen molar-refractivity contribution in [3.63, 3.8) is 0 Å². The van der Waals surface area contributed by atoms with Gasteiger partial charge < -0.3 is 19.9 Å². The minimum absolute atomic E-state index is 0.214. The topological polar surface area (TPSA) is 76.4 Å². The van der Waals surface area contributed by atoms with Crippen LogP contribution in [0.5, 0.6) is 0 Å². The molecule has 17 heavy (non-hydrogen) atoms. The number of nitrogens with one attached hydrogen (secondary N) is 2. The van der Waals surface area contributed by atoms with Gasteiger partial charge in [-0.05, 0) is 12.8 Å². The summed E-state index contributed by atoms with van der Waals surface area (Å²) in [6, 6.07) is 2.25. The summed E-state index contributed by atoms with van der Waals surface area (Å²) in [5, 5.41) is 9.76. The molecule has 0 spiro atoms. The predicted molar refractivity (Wildman–Crippen MR) is 60.6 cm³/mol. The van der Waals surface area contributed by atoms with Crippen molar-refractivity contribution in [1.29, 1.82) is 0 Å². The molecular formula is C11H17N3O3. The second kappa shape index (κ2) is 5.79. The monoisotopic (exact) mass is 239 g/mol. The number of carbonyl (C=O) groups is 1. The number of carbonyl (C=O) groups excluding carboxylic acids is 1. The summed E-state index contributed by atoms with van der Waals surface area (Å²) in [6.45, 7) is 1.71. The lowest BCUT2D eigenvalue weighted by Crippen LogP contribution is -2.32. The summed E-state index contributed by atoms with van der Waals surface area (Å²) in [6.07, 6.45) is 2.50. The highest BCUT2D eigenvalue weighted by Crippen LogP contribution is 2.17. The van der Waals surface area contributed by atoms with Crippen LogP contribution in [0.15, 0.2) is 10.6 Å². The Kier molecular flexibility index (Phi) is 4.11. The minimum Gasteiger partial charge on any atom is -0.377 e. The molecule has 0 aromatic carbocycles. The van der Waals surface area contributed by atoms with Crippen LogP contribution in [0, 0.1) is 0 Å². The van der Waals surface area contributed by atoms with Gasteiger partial charge in [-0.1, -0.05) is 5.16 Å². The number of aromatic nitrogens is 1. The van der Waals surface area contributed by atoms with Crippen LogP contribution in [0.25, 0.3) is 0 Å². The summed E-state index contributed by atoms with van der Waals surface area (Å²) in [7, 11) is 1.56. The van der Waals surface area contributed by atoms with Gasteiger partial charge in [0.15, 0.2) is 11.5 Å². The van der Waals surface area contributed by atoms with E-state index in [0.717, 1.165) is 6.54 Å². The van der Waals surface area contributed by atoms with E-state index in [2.05, 4.69) is 15.8 Å². The Hall–Kier alpha value is -1.40. The molecule has 94 valence electrons. The minimum atomic E-state index is -0.214. The number of ether oxygens (including phenoxy) is 1. The third kappa shape index (κ3) is 3.83. The molecule has 0 radical (unpaired) electrons. The third-order valence-corrected chi connectivity index (χ3v) is 2.50. The second-order valence-electron chi connectivity index (χ2n) is 4.10. The zero-order valence-electron chi connectivity index (χ0n) is 9.86. The van der Waals surface area contributed by atoms with E-state index in [9.17, 15) is 4.79 Å². The van der Waals surface area contributed by atoms with Crippen molar-refractivity contribution < 1.29 is 14.1 Å². The number of rotatable bonds is 7. The van der Waals surface area contributed by atoms with Gasteiger partial charge in [-0.3, -0.25) is 4.79 Å². The van der Waals surface area contributed by atoms with E-state index in [4.69, 9.17) is 9.26 Å². The molecule has 2 N–H and O–H groups in total. The molecule has 2 rings (SSSR count). The van der Waals surface area contributed by atoms with Crippen LogP contribution >= 0.6 is 0 Å². The fourth-order valence-electron chi connectivity index (χ4n) is 1.46. The highest BCUT2D eigenvalue weighted by molar-refractivity contribution is 5.92. The molecule has 0 unspecified atom stereocenters. The van der Waals surface area contributed by atoms with Crippen molar-refractivity contribution in [2.45, 2.75) is 25.5 Å². The van der Waals surface area contributed by atoms with Gasteiger partial charge in [0.25, 0.3) is 5.91 Å². The van der Waals surface area contributed by atoms with Crippen molar-refractivity contribution in [1.82, 2.24) is 15.8 Å². The highest BCUT2D eigenvalue weighted by Gasteiger charge is 2.19. The molecule has 0 atom stereocenters. The maximum Gasteiger partial charge on any atom is 0.273 e. The first-order valence-electron chi connectivity index (χ1n) is 5.75. The second-order valence-corrected chi connectivity index (χ2v) is 4.10. The summed E-state index contributed by atoms with van der Waals surface area (Å²) >= 11 is 0. The Labute approximate surface area is 99.7 Å². The Balaban J connectivity index is 1.69. The number of amides is 1. The Morgan fingerprint density at radius 1 is 1.59 bits per heavy atom. The average molecular weight is 239 g/mol. The lowest BCUT2D eigenvalue weighted by molar-refractivity contribution is 0.0944. The van der Waals surface area contributed by atoms with Crippen molar-refractivity contribution in [2.24, 2.45) is 0 Å². The van der Waals surface area contributed by atoms with E-state index in [1.54, 1.807) is 13.2 Å². The SMILES string of the molecule is COCc1cc(C(=O)NCCNC2CC2)no1. The van der Waals surface area contributed by atoms with E-state index < -0.39 is 0 Å². The molecule has 1 fully saturated rings. The molecular weight excluding hydrogens is 222 g/mol. The first-order valence-corrected chi connectivity index (χ1v) is 5.75. The summed E-state index contributed by atoms with van der Waals surface area (Å²) in [4.78, 5) is 11.6. The zero-order chi connectivity index (χ0) is 12.1.